The summed E-state index contributed by atoms with van der Waals surface area (Å²) < 4.78 is 0. The molecule has 0 heterocycles. The van der Waals surface area contributed by atoms with Crippen molar-refractivity contribution in [1.82, 2.24) is 0 Å². The van der Waals surface area contributed by atoms with Crippen molar-refractivity contribution in [2.75, 3.05) is 0 Å². The third-order valence-electron chi connectivity index (χ3n) is 1.94. The number of carbonyl (C=O) groups is 1. The summed E-state index contributed by atoms with van der Waals surface area (Å²) in [4.78, 5) is 19.8. The van der Waals surface area contributed by atoms with Crippen LogP contribution >= 0.6 is 0 Å². The Kier molecular flexibility index (Phi) is 11.8. The highest BCUT2D eigenvalue weighted by atomic mass is 17.2. The molecule has 0 radical (unpaired) electrons. The van der Waals surface area contributed by atoms with E-state index in [1.807, 2.05) is 78.0 Å². The monoisotopic (exact) mass is 336 g/mol. The Balaban J connectivity index is 0. The van der Waals surface area contributed by atoms with Crippen LogP contribution < -0.4 is 0 Å². The standard InChI is InChI=1S/C8H18O2.C8H8.C4H6O2/c1-7(2,3)9-10-8(4,5)6;1-2-8-6-4-3-5-7-8;1-3(2)4(5)6/h1-6H3;2-7H,1H2;1H2,2H3,(H,5,6). The molecule has 0 unspecified atom stereocenters. The summed E-state index contributed by atoms with van der Waals surface area (Å²) >= 11 is 0. The maximum absolute atomic E-state index is 9.60. The molecule has 4 nitrogen and oxygen atoms in total. The van der Waals surface area contributed by atoms with E-state index in [0.717, 1.165) is 0 Å². The van der Waals surface area contributed by atoms with Crippen molar-refractivity contribution >= 4 is 12.0 Å². The number of benzene rings is 1. The molecule has 136 valence electrons. The maximum atomic E-state index is 9.60. The van der Waals surface area contributed by atoms with Gasteiger partial charge < -0.3 is 5.11 Å². The second-order valence-corrected chi connectivity index (χ2v) is 7.09. The van der Waals surface area contributed by atoms with Gasteiger partial charge in [-0.1, -0.05) is 49.6 Å². The van der Waals surface area contributed by atoms with Crippen LogP contribution in [0.5, 0.6) is 0 Å². The minimum Gasteiger partial charge on any atom is -0.478 e. The smallest absolute Gasteiger partial charge is 0.330 e. The number of carboxylic acids is 1. The molecule has 1 rings (SSSR count). The quantitative estimate of drug-likeness (QED) is 0.449. The number of carboxylic acid groups (broad SMARTS) is 1. The number of hydrogen-bond donors (Lipinski definition) is 1. The highest BCUT2D eigenvalue weighted by Gasteiger charge is 2.18. The molecule has 0 aliphatic heterocycles. The van der Waals surface area contributed by atoms with Gasteiger partial charge >= 0.3 is 5.97 Å². The molecule has 0 fully saturated rings. The van der Waals surface area contributed by atoms with Crippen LogP contribution in [0.2, 0.25) is 0 Å². The summed E-state index contributed by atoms with van der Waals surface area (Å²) in [6, 6.07) is 10.0. The van der Waals surface area contributed by atoms with Gasteiger partial charge in [0.25, 0.3) is 0 Å². The van der Waals surface area contributed by atoms with Crippen molar-refractivity contribution in [2.24, 2.45) is 0 Å². The molecule has 0 atom stereocenters. The molecular formula is C20H32O4. The van der Waals surface area contributed by atoms with Gasteiger partial charge in [0.15, 0.2) is 0 Å². The van der Waals surface area contributed by atoms with Crippen molar-refractivity contribution in [3.8, 4) is 0 Å². The number of rotatable bonds is 3. The second kappa shape index (κ2) is 11.6. The van der Waals surface area contributed by atoms with Gasteiger partial charge in [0.2, 0.25) is 0 Å². The van der Waals surface area contributed by atoms with E-state index in [1.54, 1.807) is 0 Å². The molecule has 1 aromatic rings. The van der Waals surface area contributed by atoms with E-state index in [4.69, 9.17) is 14.9 Å². The average Bonchev–Trinajstić information content (AvgIpc) is 2.46. The summed E-state index contributed by atoms with van der Waals surface area (Å²) in [5, 5.41) is 7.89. The summed E-state index contributed by atoms with van der Waals surface area (Å²) in [6.45, 7) is 20.0. The van der Waals surface area contributed by atoms with E-state index >= 15 is 0 Å². The maximum Gasteiger partial charge on any atom is 0.330 e. The van der Waals surface area contributed by atoms with Crippen LogP contribution in [-0.4, -0.2) is 22.3 Å². The third kappa shape index (κ3) is 20.1. The van der Waals surface area contributed by atoms with E-state index in [2.05, 4.69) is 13.2 Å². The normalized spacial score (nSPS) is 10.5. The first-order valence-corrected chi connectivity index (χ1v) is 7.71. The van der Waals surface area contributed by atoms with Gasteiger partial charge in [-0.3, -0.25) is 0 Å². The number of aliphatic carboxylic acids is 1. The molecule has 0 aliphatic rings. The second-order valence-electron chi connectivity index (χ2n) is 7.09. The Hall–Kier alpha value is -1.91. The molecule has 0 bridgehead atoms. The molecule has 0 saturated heterocycles. The minimum atomic E-state index is -0.935. The largest absolute Gasteiger partial charge is 0.478 e. The van der Waals surface area contributed by atoms with Gasteiger partial charge in [0.05, 0.1) is 11.2 Å². The zero-order chi connectivity index (χ0) is 19.4. The summed E-state index contributed by atoms with van der Waals surface area (Å²) in [6.07, 6.45) is 1.83. The Morgan fingerprint density at radius 2 is 1.33 bits per heavy atom. The lowest BCUT2D eigenvalue weighted by atomic mass is 10.2. The van der Waals surface area contributed by atoms with Crippen LogP contribution in [0.15, 0.2) is 49.1 Å². The van der Waals surface area contributed by atoms with Gasteiger partial charge in [-0.25, -0.2) is 14.6 Å². The van der Waals surface area contributed by atoms with E-state index in [0.29, 0.717) is 0 Å². The average molecular weight is 336 g/mol. The van der Waals surface area contributed by atoms with Crippen LogP contribution in [-0.2, 0) is 14.6 Å². The van der Waals surface area contributed by atoms with Crippen LogP contribution in [0.1, 0.15) is 54.0 Å². The Bertz CT molecular complexity index is 465. The van der Waals surface area contributed by atoms with Crippen LogP contribution in [0, 0.1) is 0 Å². The Morgan fingerprint density at radius 3 is 1.50 bits per heavy atom. The van der Waals surface area contributed by atoms with Crippen molar-refractivity contribution in [1.29, 1.82) is 0 Å². The molecular weight excluding hydrogens is 304 g/mol. The van der Waals surface area contributed by atoms with Gasteiger partial charge in [0.1, 0.15) is 0 Å². The predicted octanol–water partition coefficient (Wildman–Crippen LogP) is 5.51. The predicted molar refractivity (Wildman–Crippen MR) is 101 cm³/mol. The highest BCUT2D eigenvalue weighted by molar-refractivity contribution is 5.84. The zero-order valence-electron chi connectivity index (χ0n) is 16.1. The van der Waals surface area contributed by atoms with Crippen molar-refractivity contribution in [2.45, 2.75) is 59.7 Å². The van der Waals surface area contributed by atoms with Crippen LogP contribution in [0.25, 0.3) is 6.08 Å². The van der Waals surface area contributed by atoms with Gasteiger partial charge in [0, 0.05) is 5.57 Å². The topological polar surface area (TPSA) is 55.8 Å². The summed E-state index contributed by atoms with van der Waals surface area (Å²) in [5.74, 6) is -0.935. The first kappa shape index (κ1) is 24.3. The fourth-order valence-electron chi connectivity index (χ4n) is 0.839. The fraction of sp³-hybridized carbons (Fsp3) is 0.450. The van der Waals surface area contributed by atoms with Crippen molar-refractivity contribution < 1.29 is 19.7 Å². The van der Waals surface area contributed by atoms with E-state index in [-0.39, 0.29) is 16.8 Å². The molecule has 0 aromatic heterocycles. The SMILES string of the molecule is C=C(C)C(=O)O.C=Cc1ccccc1.CC(C)(C)OOC(C)(C)C. The van der Waals surface area contributed by atoms with E-state index < -0.39 is 5.97 Å². The molecule has 0 spiro atoms. The fourth-order valence-corrected chi connectivity index (χ4v) is 0.839. The zero-order valence-corrected chi connectivity index (χ0v) is 16.1. The third-order valence-corrected chi connectivity index (χ3v) is 1.94. The lowest BCUT2D eigenvalue weighted by molar-refractivity contribution is -0.393. The molecule has 0 amide bonds. The number of hydrogen-bond acceptors (Lipinski definition) is 3. The summed E-state index contributed by atoms with van der Waals surface area (Å²) in [5.41, 5.74) is 0.920. The van der Waals surface area contributed by atoms with Gasteiger partial charge in [-0.15, -0.1) is 0 Å². The highest BCUT2D eigenvalue weighted by Crippen LogP contribution is 2.14. The Morgan fingerprint density at radius 1 is 1.00 bits per heavy atom. The first-order valence-electron chi connectivity index (χ1n) is 7.71. The Labute approximate surface area is 146 Å². The molecule has 0 saturated carbocycles. The summed E-state index contributed by atoms with van der Waals surface area (Å²) in [7, 11) is 0. The molecule has 4 heteroatoms. The lowest BCUT2D eigenvalue weighted by Crippen LogP contribution is -2.27. The first-order chi connectivity index (χ1) is 10.8. The molecule has 1 aromatic carbocycles. The minimum absolute atomic E-state index is 0.176. The van der Waals surface area contributed by atoms with Crippen LogP contribution in [0.3, 0.4) is 0 Å². The van der Waals surface area contributed by atoms with E-state index in [1.165, 1.54) is 12.5 Å². The molecule has 0 aliphatic carbocycles. The molecule has 1 N–H and O–H groups in total. The van der Waals surface area contributed by atoms with Gasteiger partial charge in [-0.2, -0.15) is 0 Å². The molecule has 24 heavy (non-hydrogen) atoms. The van der Waals surface area contributed by atoms with E-state index in [9.17, 15) is 4.79 Å². The van der Waals surface area contributed by atoms with Crippen molar-refractivity contribution in [3.05, 3.63) is 54.6 Å². The lowest BCUT2D eigenvalue weighted by Gasteiger charge is -2.24. The van der Waals surface area contributed by atoms with Gasteiger partial charge in [-0.05, 0) is 54.0 Å². The van der Waals surface area contributed by atoms with Crippen molar-refractivity contribution in [3.63, 3.8) is 0 Å². The van der Waals surface area contributed by atoms with Crippen LogP contribution in [0.4, 0.5) is 0 Å².